The minimum Gasteiger partial charge on any atom is -0.494 e. The molecule has 40 heavy (non-hydrogen) atoms. The zero-order valence-electron chi connectivity index (χ0n) is 23.8. The summed E-state index contributed by atoms with van der Waals surface area (Å²) in [5.74, 6) is -0.856. The van der Waals surface area contributed by atoms with Crippen LogP contribution in [0.3, 0.4) is 0 Å². The number of hydrogen-bond donors (Lipinski definition) is 1. The number of unbranched alkanes of at least 4 members (excludes halogenated alkanes) is 2. The van der Waals surface area contributed by atoms with Gasteiger partial charge in [0.05, 0.1) is 29.8 Å². The Hall–Kier alpha value is -2.78. The summed E-state index contributed by atoms with van der Waals surface area (Å²) in [6, 6.07) is 6.68. The summed E-state index contributed by atoms with van der Waals surface area (Å²) < 4.78 is 4.88. The molecular weight excluding hydrogens is 526 g/mol. The number of carbonyl (C=O) groups is 3. The largest absolute Gasteiger partial charge is 0.494 e. The minimum absolute atomic E-state index is 0.0454. The van der Waals surface area contributed by atoms with Crippen molar-refractivity contribution in [2.75, 3.05) is 44.3 Å². The summed E-state index contributed by atoms with van der Waals surface area (Å²) in [6.07, 6.45) is 7.81. The molecule has 3 amide bonds. The average Bonchev–Trinajstić information content (AvgIpc) is 3.59. The van der Waals surface area contributed by atoms with Crippen LogP contribution >= 0.6 is 11.8 Å². The Labute approximate surface area is 242 Å². The van der Waals surface area contributed by atoms with E-state index in [1.54, 1.807) is 38.6 Å². The van der Waals surface area contributed by atoms with E-state index in [1.165, 1.54) is 0 Å². The highest BCUT2D eigenvalue weighted by Gasteiger charge is 2.74. The van der Waals surface area contributed by atoms with E-state index >= 15 is 0 Å². The summed E-state index contributed by atoms with van der Waals surface area (Å²) in [6.45, 7) is 13.4. The van der Waals surface area contributed by atoms with Crippen LogP contribution in [0, 0.1) is 11.8 Å². The molecule has 5 atom stereocenters. The molecule has 1 N–H and O–H groups in total. The fraction of sp³-hybridized carbons (Fsp3) is 0.581. The molecule has 1 aromatic rings. The van der Waals surface area contributed by atoms with Gasteiger partial charge in [-0.05, 0) is 50.5 Å². The van der Waals surface area contributed by atoms with Gasteiger partial charge < -0.3 is 24.5 Å². The normalized spacial score (nSPS) is 26.5. The Morgan fingerprint density at radius 2 is 1.88 bits per heavy atom. The van der Waals surface area contributed by atoms with Gasteiger partial charge in [-0.1, -0.05) is 31.9 Å². The number of likely N-dealkylation sites (tertiary alicyclic amines) is 1. The molecule has 3 saturated heterocycles. The molecule has 3 heterocycles. The molecule has 2 bridgehead atoms. The first kappa shape index (κ1) is 30.2. The molecule has 1 spiro atoms. The Morgan fingerprint density at radius 3 is 2.50 bits per heavy atom. The molecule has 0 aliphatic carbocycles. The van der Waals surface area contributed by atoms with Crippen molar-refractivity contribution < 1.29 is 24.2 Å². The molecule has 8 nitrogen and oxygen atoms in total. The monoisotopic (exact) mass is 569 g/mol. The maximum Gasteiger partial charge on any atom is 0.247 e. The lowest BCUT2D eigenvalue weighted by Crippen LogP contribution is -2.55. The van der Waals surface area contributed by atoms with Crippen molar-refractivity contribution in [1.82, 2.24) is 9.80 Å². The second kappa shape index (κ2) is 13.3. The Morgan fingerprint density at radius 1 is 1.15 bits per heavy atom. The second-order valence-corrected chi connectivity index (χ2v) is 12.4. The summed E-state index contributed by atoms with van der Waals surface area (Å²) in [5, 5.41) is 9.85. The third-order valence-electron chi connectivity index (χ3n) is 8.39. The zero-order valence-corrected chi connectivity index (χ0v) is 24.6. The first-order valence-corrected chi connectivity index (χ1v) is 15.4. The van der Waals surface area contributed by atoms with Crippen molar-refractivity contribution in [2.45, 2.75) is 62.0 Å². The lowest BCUT2D eigenvalue weighted by Gasteiger charge is -2.37. The number of aliphatic hydroxyl groups is 1. The molecule has 9 heteroatoms. The van der Waals surface area contributed by atoms with E-state index in [9.17, 15) is 19.5 Å². The van der Waals surface area contributed by atoms with E-state index < -0.39 is 22.6 Å². The molecule has 3 aliphatic rings. The van der Waals surface area contributed by atoms with Crippen molar-refractivity contribution in [3.63, 3.8) is 0 Å². The van der Waals surface area contributed by atoms with Crippen LogP contribution in [-0.2, 0) is 14.4 Å². The third kappa shape index (κ3) is 5.42. The number of amides is 3. The number of fused-ring (bicyclic) bond motifs is 1. The fourth-order valence-electron chi connectivity index (χ4n) is 6.76. The minimum atomic E-state index is -0.704. The first-order valence-electron chi connectivity index (χ1n) is 14.5. The highest BCUT2D eigenvalue weighted by molar-refractivity contribution is 8.02. The van der Waals surface area contributed by atoms with Gasteiger partial charge in [-0.25, -0.2) is 0 Å². The van der Waals surface area contributed by atoms with Crippen LogP contribution < -0.4 is 9.64 Å². The van der Waals surface area contributed by atoms with E-state index in [1.807, 2.05) is 31.2 Å². The molecular formula is C31H43N3O5S. The number of aliphatic hydroxyl groups excluding tert-OH is 1. The van der Waals surface area contributed by atoms with Crippen LogP contribution in [-0.4, -0.2) is 88.1 Å². The Balaban J connectivity index is 1.67. The van der Waals surface area contributed by atoms with Crippen LogP contribution in [0.25, 0.3) is 0 Å². The molecule has 0 saturated carbocycles. The topological polar surface area (TPSA) is 90.4 Å². The van der Waals surface area contributed by atoms with Crippen LogP contribution in [0.2, 0.25) is 0 Å². The fourth-order valence-corrected chi connectivity index (χ4v) is 8.96. The predicted octanol–water partition coefficient (Wildman–Crippen LogP) is 3.89. The van der Waals surface area contributed by atoms with Gasteiger partial charge >= 0.3 is 0 Å². The van der Waals surface area contributed by atoms with Gasteiger partial charge in [0.2, 0.25) is 17.7 Å². The van der Waals surface area contributed by atoms with Crippen molar-refractivity contribution in [1.29, 1.82) is 0 Å². The lowest BCUT2D eigenvalue weighted by molar-refractivity contribution is -0.143. The van der Waals surface area contributed by atoms with E-state index in [2.05, 4.69) is 20.1 Å². The van der Waals surface area contributed by atoms with Crippen molar-refractivity contribution in [3.8, 4) is 5.75 Å². The van der Waals surface area contributed by atoms with E-state index in [4.69, 9.17) is 4.74 Å². The molecule has 3 fully saturated rings. The van der Waals surface area contributed by atoms with Gasteiger partial charge in [0, 0.05) is 37.1 Å². The van der Waals surface area contributed by atoms with Gasteiger partial charge in [0.25, 0.3) is 0 Å². The number of benzene rings is 1. The highest BCUT2D eigenvalue weighted by atomic mass is 32.2. The van der Waals surface area contributed by atoms with Crippen LogP contribution in [0.5, 0.6) is 5.75 Å². The predicted molar refractivity (Wildman–Crippen MR) is 159 cm³/mol. The second-order valence-electron chi connectivity index (χ2n) is 10.8. The summed E-state index contributed by atoms with van der Waals surface area (Å²) in [4.78, 5) is 47.6. The number of carbonyl (C=O) groups excluding carboxylic acids is 3. The number of β-amino-alcohol motifs (C(OH)–C–C–N with tert-alkyl or cyclic N) is 1. The molecule has 1 aromatic carbocycles. The average molecular weight is 570 g/mol. The summed E-state index contributed by atoms with van der Waals surface area (Å²) in [7, 11) is 0. The Kier molecular flexibility index (Phi) is 10.0. The summed E-state index contributed by atoms with van der Waals surface area (Å²) >= 11 is 1.65. The van der Waals surface area contributed by atoms with Crippen molar-refractivity contribution in [3.05, 3.63) is 49.6 Å². The molecule has 3 aliphatic heterocycles. The van der Waals surface area contributed by atoms with Gasteiger partial charge in [-0.3, -0.25) is 14.4 Å². The van der Waals surface area contributed by atoms with E-state index in [0.717, 1.165) is 31.4 Å². The first-order chi connectivity index (χ1) is 19.4. The number of hydrogen-bond acceptors (Lipinski definition) is 6. The zero-order chi connectivity index (χ0) is 28.9. The van der Waals surface area contributed by atoms with Gasteiger partial charge in [0.15, 0.2) is 0 Å². The molecule has 2 unspecified atom stereocenters. The van der Waals surface area contributed by atoms with Gasteiger partial charge in [0.1, 0.15) is 11.8 Å². The van der Waals surface area contributed by atoms with Gasteiger partial charge in [-0.2, -0.15) is 0 Å². The molecule has 4 rings (SSSR count). The number of rotatable bonds is 15. The quantitative estimate of drug-likeness (QED) is 0.255. The maximum atomic E-state index is 14.3. The molecule has 0 radical (unpaired) electrons. The van der Waals surface area contributed by atoms with Crippen LogP contribution in [0.1, 0.15) is 46.0 Å². The SMILES string of the molecule is C=CCN(CCCCC)C(=O)C1N(CCO)C(=O)[C@@H]2[C@H](C(=O)N(CC=C)c3ccc(OCC)cc3)[C@@H]3CCC12S3. The van der Waals surface area contributed by atoms with Crippen LogP contribution in [0.4, 0.5) is 5.69 Å². The van der Waals surface area contributed by atoms with E-state index in [-0.39, 0.29) is 36.1 Å². The van der Waals surface area contributed by atoms with Crippen molar-refractivity contribution in [2.24, 2.45) is 11.8 Å². The number of nitrogens with zero attached hydrogens (tertiary/aromatic N) is 3. The number of ether oxygens (including phenoxy) is 1. The third-order valence-corrected chi connectivity index (χ3v) is 10.3. The van der Waals surface area contributed by atoms with Gasteiger partial charge in [-0.15, -0.1) is 24.9 Å². The Bertz CT molecular complexity index is 1090. The maximum absolute atomic E-state index is 14.3. The standard InChI is InChI=1S/C31H43N3O5S/c1-5-9-10-19-32(17-6-2)30(38)27-31-16-15-24(40-31)25(26(31)29(37)34(27)20-21-35)28(36)33(18-7-3)22-11-13-23(14-12-22)39-8-4/h6-7,11-14,24-27,35H,2-3,5,8-10,15-21H2,1,4H3/t24-,25+,26-,27?,31?/m0/s1. The molecule has 0 aromatic heterocycles. The number of anilines is 1. The van der Waals surface area contributed by atoms with Crippen LogP contribution in [0.15, 0.2) is 49.6 Å². The number of thioether (sulfide) groups is 1. The van der Waals surface area contributed by atoms with E-state index in [0.29, 0.717) is 38.3 Å². The summed E-state index contributed by atoms with van der Waals surface area (Å²) in [5.41, 5.74) is 0.716. The van der Waals surface area contributed by atoms with Crippen molar-refractivity contribution >= 4 is 35.2 Å². The molecule has 218 valence electrons. The lowest BCUT2D eigenvalue weighted by atomic mass is 9.70. The smallest absolute Gasteiger partial charge is 0.247 e. The highest BCUT2D eigenvalue weighted by Crippen LogP contribution is 2.66.